The van der Waals surface area contributed by atoms with Crippen molar-refractivity contribution in [1.29, 1.82) is 0 Å². The first-order chi connectivity index (χ1) is 10.0. The fourth-order valence-corrected chi connectivity index (χ4v) is 5.07. The maximum Gasteiger partial charge on any atom is 0.153 e. The van der Waals surface area contributed by atoms with E-state index in [2.05, 4.69) is 10.2 Å². The lowest BCUT2D eigenvalue weighted by Gasteiger charge is -2.35. The molecule has 2 saturated heterocycles. The van der Waals surface area contributed by atoms with Gasteiger partial charge in [0.2, 0.25) is 0 Å². The summed E-state index contributed by atoms with van der Waals surface area (Å²) in [7, 11) is -2.99. The molecule has 3 rings (SSSR count). The average molecular weight is 331 g/mol. The standard InChI is InChI=1S/C14H19ClN2O3S/c15-11-1-3-12(4-2-11)16-13-9-21(18,19)10-14(13)17-5-7-20-8-6-17/h1-4,13-14,16H,5-10H2. The van der Waals surface area contributed by atoms with Gasteiger partial charge < -0.3 is 10.1 Å². The lowest BCUT2D eigenvalue weighted by molar-refractivity contribution is 0.0199. The SMILES string of the molecule is O=S1(=O)CC(Nc2ccc(Cl)cc2)C(N2CCOCC2)C1. The van der Waals surface area contributed by atoms with E-state index in [1.807, 2.05) is 12.1 Å². The first kappa shape index (κ1) is 15.1. The van der Waals surface area contributed by atoms with Crippen molar-refractivity contribution in [2.45, 2.75) is 12.1 Å². The molecule has 2 aliphatic heterocycles. The maximum atomic E-state index is 12.0. The van der Waals surface area contributed by atoms with E-state index in [0.717, 1.165) is 18.8 Å². The van der Waals surface area contributed by atoms with Crippen molar-refractivity contribution in [3.63, 3.8) is 0 Å². The smallest absolute Gasteiger partial charge is 0.153 e. The largest absolute Gasteiger partial charge is 0.380 e. The number of nitrogens with one attached hydrogen (secondary N) is 1. The van der Waals surface area contributed by atoms with Gasteiger partial charge in [-0.15, -0.1) is 0 Å². The highest BCUT2D eigenvalue weighted by Crippen LogP contribution is 2.24. The van der Waals surface area contributed by atoms with Gasteiger partial charge in [-0.05, 0) is 24.3 Å². The Labute approximate surface area is 130 Å². The molecule has 1 N–H and O–H groups in total. The summed E-state index contributed by atoms with van der Waals surface area (Å²) in [6, 6.07) is 7.28. The lowest BCUT2D eigenvalue weighted by Crippen LogP contribution is -2.50. The molecule has 116 valence electrons. The number of rotatable bonds is 3. The maximum absolute atomic E-state index is 12.0. The zero-order chi connectivity index (χ0) is 14.9. The van der Waals surface area contributed by atoms with Crippen LogP contribution in [0.25, 0.3) is 0 Å². The van der Waals surface area contributed by atoms with E-state index in [-0.39, 0.29) is 23.6 Å². The van der Waals surface area contributed by atoms with Crippen LogP contribution in [0.15, 0.2) is 24.3 Å². The van der Waals surface area contributed by atoms with Gasteiger partial charge in [0.15, 0.2) is 9.84 Å². The van der Waals surface area contributed by atoms with E-state index < -0.39 is 9.84 Å². The molecule has 2 aliphatic rings. The van der Waals surface area contributed by atoms with Crippen molar-refractivity contribution in [3.8, 4) is 0 Å². The van der Waals surface area contributed by atoms with E-state index in [0.29, 0.717) is 18.2 Å². The van der Waals surface area contributed by atoms with Gasteiger partial charge in [0.1, 0.15) is 0 Å². The molecule has 1 aromatic carbocycles. The number of anilines is 1. The van der Waals surface area contributed by atoms with Gasteiger partial charge in [0, 0.05) is 29.8 Å². The molecular formula is C14H19ClN2O3S. The van der Waals surface area contributed by atoms with Gasteiger partial charge in [0.05, 0.1) is 30.8 Å². The van der Waals surface area contributed by atoms with Crippen LogP contribution in [0.5, 0.6) is 0 Å². The Morgan fingerprint density at radius 2 is 1.81 bits per heavy atom. The Kier molecular flexibility index (Phi) is 4.40. The minimum Gasteiger partial charge on any atom is -0.380 e. The fourth-order valence-electron chi connectivity index (χ4n) is 3.00. The zero-order valence-electron chi connectivity index (χ0n) is 11.7. The summed E-state index contributed by atoms with van der Waals surface area (Å²) in [4.78, 5) is 2.22. The molecule has 1 aromatic rings. The van der Waals surface area contributed by atoms with Gasteiger partial charge in [0.25, 0.3) is 0 Å². The molecule has 21 heavy (non-hydrogen) atoms. The highest BCUT2D eigenvalue weighted by atomic mass is 35.5. The molecular weight excluding hydrogens is 312 g/mol. The molecule has 0 saturated carbocycles. The van der Waals surface area contributed by atoms with Crippen molar-refractivity contribution >= 4 is 27.1 Å². The molecule has 0 amide bonds. The minimum atomic E-state index is -2.99. The van der Waals surface area contributed by atoms with Crippen LogP contribution in [0, 0.1) is 0 Å². The number of halogens is 1. The highest BCUT2D eigenvalue weighted by molar-refractivity contribution is 7.91. The molecule has 2 atom stereocenters. The zero-order valence-corrected chi connectivity index (χ0v) is 13.2. The topological polar surface area (TPSA) is 58.6 Å². The van der Waals surface area contributed by atoms with E-state index in [9.17, 15) is 8.42 Å². The molecule has 5 nitrogen and oxygen atoms in total. The predicted octanol–water partition coefficient (Wildman–Crippen LogP) is 1.25. The number of hydrogen-bond donors (Lipinski definition) is 1. The third-order valence-electron chi connectivity index (χ3n) is 4.03. The summed E-state index contributed by atoms with van der Waals surface area (Å²) in [5.41, 5.74) is 0.903. The molecule has 2 unspecified atom stereocenters. The number of morpholine rings is 1. The second kappa shape index (κ2) is 6.12. The average Bonchev–Trinajstić information content (AvgIpc) is 2.77. The summed E-state index contributed by atoms with van der Waals surface area (Å²) in [5, 5.41) is 4.02. The molecule has 7 heteroatoms. The van der Waals surface area contributed by atoms with Crippen molar-refractivity contribution < 1.29 is 13.2 Å². The van der Waals surface area contributed by atoms with Crippen LogP contribution in [-0.4, -0.2) is 63.2 Å². The van der Waals surface area contributed by atoms with Gasteiger partial charge in [-0.25, -0.2) is 8.42 Å². The van der Waals surface area contributed by atoms with Gasteiger partial charge >= 0.3 is 0 Å². The number of nitrogens with zero attached hydrogens (tertiary/aromatic N) is 1. The quantitative estimate of drug-likeness (QED) is 0.904. The van der Waals surface area contributed by atoms with Gasteiger partial charge in [-0.3, -0.25) is 4.90 Å². The fraction of sp³-hybridized carbons (Fsp3) is 0.571. The van der Waals surface area contributed by atoms with Crippen LogP contribution in [0.2, 0.25) is 5.02 Å². The van der Waals surface area contributed by atoms with Crippen molar-refractivity contribution in [2.24, 2.45) is 0 Å². The van der Waals surface area contributed by atoms with Gasteiger partial charge in [-0.2, -0.15) is 0 Å². The normalized spacial score (nSPS) is 29.4. The van der Waals surface area contributed by atoms with E-state index in [1.165, 1.54) is 0 Å². The van der Waals surface area contributed by atoms with E-state index in [1.54, 1.807) is 12.1 Å². The third-order valence-corrected chi connectivity index (χ3v) is 6.00. The molecule has 0 spiro atoms. The van der Waals surface area contributed by atoms with E-state index in [4.69, 9.17) is 16.3 Å². The van der Waals surface area contributed by atoms with E-state index >= 15 is 0 Å². The summed E-state index contributed by atoms with van der Waals surface area (Å²) in [6.45, 7) is 2.92. The monoisotopic (exact) mass is 330 g/mol. The number of benzene rings is 1. The second-order valence-corrected chi connectivity index (χ2v) is 8.14. The Balaban J connectivity index is 1.75. The summed E-state index contributed by atoms with van der Waals surface area (Å²) in [5.74, 6) is 0.399. The molecule has 0 aliphatic carbocycles. The first-order valence-electron chi connectivity index (χ1n) is 7.08. The number of ether oxygens (including phenoxy) is 1. The Bertz CT molecular complexity index is 585. The minimum absolute atomic E-state index is 0.00887. The molecule has 0 aromatic heterocycles. The molecule has 0 radical (unpaired) electrons. The number of hydrogen-bond acceptors (Lipinski definition) is 5. The van der Waals surface area contributed by atoms with Crippen LogP contribution < -0.4 is 5.32 Å². The van der Waals surface area contributed by atoms with Crippen molar-refractivity contribution in [2.75, 3.05) is 43.1 Å². The summed E-state index contributed by atoms with van der Waals surface area (Å²) in [6.07, 6.45) is 0. The molecule has 0 bridgehead atoms. The highest BCUT2D eigenvalue weighted by Gasteiger charge is 2.41. The van der Waals surface area contributed by atoms with Crippen LogP contribution >= 0.6 is 11.6 Å². The second-order valence-electron chi connectivity index (χ2n) is 5.55. The Morgan fingerprint density at radius 1 is 1.14 bits per heavy atom. The molecule has 2 heterocycles. The Hall–Kier alpha value is -0.820. The number of sulfone groups is 1. The first-order valence-corrected chi connectivity index (χ1v) is 9.28. The summed E-state index contributed by atoms with van der Waals surface area (Å²) < 4.78 is 29.4. The predicted molar refractivity (Wildman–Crippen MR) is 83.7 cm³/mol. The van der Waals surface area contributed by atoms with Crippen molar-refractivity contribution in [1.82, 2.24) is 4.90 Å². The lowest BCUT2D eigenvalue weighted by atomic mass is 10.1. The Morgan fingerprint density at radius 3 is 2.48 bits per heavy atom. The van der Waals surface area contributed by atoms with Gasteiger partial charge in [-0.1, -0.05) is 11.6 Å². The van der Waals surface area contributed by atoms with Crippen LogP contribution in [0.4, 0.5) is 5.69 Å². The molecule has 2 fully saturated rings. The summed E-state index contributed by atoms with van der Waals surface area (Å²) >= 11 is 5.88. The van der Waals surface area contributed by atoms with Crippen LogP contribution in [0.1, 0.15) is 0 Å². The van der Waals surface area contributed by atoms with Crippen LogP contribution in [-0.2, 0) is 14.6 Å². The van der Waals surface area contributed by atoms with Crippen molar-refractivity contribution in [3.05, 3.63) is 29.3 Å². The third kappa shape index (κ3) is 3.69. The van der Waals surface area contributed by atoms with Crippen LogP contribution in [0.3, 0.4) is 0 Å².